The molecule has 16 heavy (non-hydrogen) atoms. The second-order valence-electron chi connectivity index (χ2n) is 3.67. The Morgan fingerprint density at radius 1 is 1.38 bits per heavy atom. The minimum Gasteiger partial charge on any atom is -0.366 e. The first kappa shape index (κ1) is 12.2. The lowest BCUT2D eigenvalue weighted by Gasteiger charge is -2.09. The van der Waals surface area contributed by atoms with Crippen molar-refractivity contribution in [1.82, 2.24) is 0 Å². The predicted octanol–water partition coefficient (Wildman–Crippen LogP) is 0.380. The molecule has 0 heterocycles. The van der Waals surface area contributed by atoms with Gasteiger partial charge in [-0.25, -0.2) is 0 Å². The van der Waals surface area contributed by atoms with E-state index in [9.17, 15) is 9.59 Å². The topological polar surface area (TPSA) is 98.2 Å². The van der Waals surface area contributed by atoms with Gasteiger partial charge >= 0.3 is 0 Å². The number of hydrogen-bond donors (Lipinski definition) is 3. The Morgan fingerprint density at radius 2 is 2.00 bits per heavy atom. The van der Waals surface area contributed by atoms with Crippen molar-refractivity contribution in [2.45, 2.75) is 19.9 Å². The number of primary amides is 1. The van der Waals surface area contributed by atoms with Crippen molar-refractivity contribution >= 4 is 17.5 Å². The third-order valence-corrected chi connectivity index (χ3v) is 2.18. The van der Waals surface area contributed by atoms with Gasteiger partial charge in [0.25, 0.3) is 0 Å². The van der Waals surface area contributed by atoms with Crippen molar-refractivity contribution in [3.63, 3.8) is 0 Å². The minimum atomic E-state index is -0.599. The standard InChI is InChI=1S/C11H15N3O2/c1-6-3-4-8(5-9(6)10(13)15)14-11(16)7(2)12/h3-5,7H,12H2,1-2H3,(H2,13,15)(H,14,16)/t7-/m0/s1. The van der Waals surface area contributed by atoms with Crippen LogP contribution in [0, 0.1) is 6.92 Å². The third-order valence-electron chi connectivity index (χ3n) is 2.18. The fourth-order valence-electron chi connectivity index (χ4n) is 1.22. The van der Waals surface area contributed by atoms with Gasteiger partial charge in [0.2, 0.25) is 11.8 Å². The number of benzene rings is 1. The summed E-state index contributed by atoms with van der Waals surface area (Å²) in [5.74, 6) is -0.825. The number of nitrogens with two attached hydrogens (primary N) is 2. The Labute approximate surface area is 93.8 Å². The van der Waals surface area contributed by atoms with Crippen LogP contribution in [0.3, 0.4) is 0 Å². The molecule has 0 spiro atoms. The molecule has 0 aromatic heterocycles. The molecule has 0 aliphatic heterocycles. The monoisotopic (exact) mass is 221 g/mol. The molecule has 5 N–H and O–H groups in total. The highest BCUT2D eigenvalue weighted by atomic mass is 16.2. The van der Waals surface area contributed by atoms with E-state index >= 15 is 0 Å². The van der Waals surface area contributed by atoms with Gasteiger partial charge in [-0.2, -0.15) is 0 Å². The van der Waals surface area contributed by atoms with Crippen LogP contribution in [-0.2, 0) is 4.79 Å². The van der Waals surface area contributed by atoms with Crippen LogP contribution in [0.15, 0.2) is 18.2 Å². The van der Waals surface area contributed by atoms with Crippen LogP contribution in [0.5, 0.6) is 0 Å². The van der Waals surface area contributed by atoms with Crippen molar-refractivity contribution < 1.29 is 9.59 Å². The van der Waals surface area contributed by atoms with Crippen molar-refractivity contribution in [3.8, 4) is 0 Å². The van der Waals surface area contributed by atoms with Crippen LogP contribution in [0.2, 0.25) is 0 Å². The average molecular weight is 221 g/mol. The van der Waals surface area contributed by atoms with Crippen LogP contribution < -0.4 is 16.8 Å². The lowest BCUT2D eigenvalue weighted by atomic mass is 10.1. The Bertz CT molecular complexity index is 427. The molecule has 1 atom stereocenters. The zero-order chi connectivity index (χ0) is 12.3. The Hall–Kier alpha value is -1.88. The Balaban J connectivity index is 2.95. The molecule has 0 saturated carbocycles. The first-order valence-corrected chi connectivity index (χ1v) is 4.88. The van der Waals surface area contributed by atoms with E-state index < -0.39 is 11.9 Å². The lowest BCUT2D eigenvalue weighted by molar-refractivity contribution is -0.117. The van der Waals surface area contributed by atoms with E-state index in [0.29, 0.717) is 11.3 Å². The molecule has 0 unspecified atom stereocenters. The smallest absolute Gasteiger partial charge is 0.249 e. The molecule has 1 rings (SSSR count). The van der Waals surface area contributed by atoms with Crippen LogP contribution in [-0.4, -0.2) is 17.9 Å². The highest BCUT2D eigenvalue weighted by Crippen LogP contribution is 2.14. The number of anilines is 1. The van der Waals surface area contributed by atoms with E-state index in [1.54, 1.807) is 26.0 Å². The quantitative estimate of drug-likeness (QED) is 0.688. The molecule has 0 bridgehead atoms. The summed E-state index contributed by atoms with van der Waals surface area (Å²) >= 11 is 0. The molecule has 0 saturated heterocycles. The second kappa shape index (κ2) is 4.76. The van der Waals surface area contributed by atoms with E-state index in [1.165, 1.54) is 6.07 Å². The summed E-state index contributed by atoms with van der Waals surface area (Å²) in [7, 11) is 0. The van der Waals surface area contributed by atoms with E-state index in [0.717, 1.165) is 5.56 Å². The number of carbonyl (C=O) groups excluding carboxylic acids is 2. The fourth-order valence-corrected chi connectivity index (χ4v) is 1.22. The zero-order valence-electron chi connectivity index (χ0n) is 9.28. The maximum absolute atomic E-state index is 11.3. The first-order valence-electron chi connectivity index (χ1n) is 4.88. The van der Waals surface area contributed by atoms with Gasteiger partial charge < -0.3 is 16.8 Å². The second-order valence-corrected chi connectivity index (χ2v) is 3.67. The van der Waals surface area contributed by atoms with Crippen LogP contribution in [0.4, 0.5) is 5.69 Å². The highest BCUT2D eigenvalue weighted by Gasteiger charge is 2.10. The highest BCUT2D eigenvalue weighted by molar-refractivity contribution is 5.98. The van der Waals surface area contributed by atoms with Gasteiger partial charge in [0.1, 0.15) is 0 Å². The van der Waals surface area contributed by atoms with Gasteiger partial charge in [-0.05, 0) is 31.5 Å². The normalized spacial score (nSPS) is 11.9. The van der Waals surface area contributed by atoms with Crippen molar-refractivity contribution in [3.05, 3.63) is 29.3 Å². The van der Waals surface area contributed by atoms with E-state index in [2.05, 4.69) is 5.32 Å². The van der Waals surface area contributed by atoms with Gasteiger partial charge in [0, 0.05) is 11.3 Å². The summed E-state index contributed by atoms with van der Waals surface area (Å²) in [4.78, 5) is 22.4. The third kappa shape index (κ3) is 2.80. The number of amides is 2. The molecule has 86 valence electrons. The molecule has 0 aliphatic carbocycles. The van der Waals surface area contributed by atoms with Crippen molar-refractivity contribution in [2.24, 2.45) is 11.5 Å². The molecule has 0 radical (unpaired) electrons. The van der Waals surface area contributed by atoms with Gasteiger partial charge in [-0.15, -0.1) is 0 Å². The molecule has 0 aliphatic rings. The van der Waals surface area contributed by atoms with Crippen LogP contribution in [0.1, 0.15) is 22.8 Å². The van der Waals surface area contributed by atoms with Crippen molar-refractivity contribution in [2.75, 3.05) is 5.32 Å². The minimum absolute atomic E-state index is 0.306. The van der Waals surface area contributed by atoms with E-state index in [4.69, 9.17) is 11.5 Å². The summed E-state index contributed by atoms with van der Waals surface area (Å²) in [6.45, 7) is 3.36. The fraction of sp³-hybridized carbons (Fsp3) is 0.273. The molecule has 0 fully saturated rings. The predicted molar refractivity (Wildman–Crippen MR) is 62.0 cm³/mol. The summed E-state index contributed by atoms with van der Waals surface area (Å²) in [5, 5.41) is 2.59. The molecule has 1 aromatic rings. The molecule has 5 heteroatoms. The zero-order valence-corrected chi connectivity index (χ0v) is 9.28. The SMILES string of the molecule is Cc1ccc(NC(=O)[C@H](C)N)cc1C(N)=O. The molecule has 2 amide bonds. The van der Waals surface area contributed by atoms with Crippen molar-refractivity contribution in [1.29, 1.82) is 0 Å². The molecule has 1 aromatic carbocycles. The number of nitrogens with one attached hydrogen (secondary N) is 1. The maximum atomic E-state index is 11.3. The van der Waals surface area contributed by atoms with Crippen LogP contribution >= 0.6 is 0 Å². The number of aryl methyl sites for hydroxylation is 1. The van der Waals surface area contributed by atoms with Gasteiger partial charge in [0.15, 0.2) is 0 Å². The average Bonchev–Trinajstić information content (AvgIpc) is 2.20. The van der Waals surface area contributed by atoms with Gasteiger partial charge in [0.05, 0.1) is 6.04 Å². The summed E-state index contributed by atoms with van der Waals surface area (Å²) in [5.41, 5.74) is 12.3. The Morgan fingerprint density at radius 3 is 2.50 bits per heavy atom. The van der Waals surface area contributed by atoms with E-state index in [1.807, 2.05) is 0 Å². The van der Waals surface area contributed by atoms with Gasteiger partial charge in [-0.3, -0.25) is 9.59 Å². The number of carbonyl (C=O) groups is 2. The molecular formula is C11H15N3O2. The Kier molecular flexibility index (Phi) is 3.63. The summed E-state index contributed by atoms with van der Waals surface area (Å²) in [6.07, 6.45) is 0. The lowest BCUT2D eigenvalue weighted by Crippen LogP contribution is -2.32. The molecule has 5 nitrogen and oxygen atoms in total. The summed E-state index contributed by atoms with van der Waals surface area (Å²) in [6, 6.07) is 4.36. The van der Waals surface area contributed by atoms with E-state index in [-0.39, 0.29) is 5.91 Å². The maximum Gasteiger partial charge on any atom is 0.249 e. The first-order chi connectivity index (χ1) is 7.41. The largest absolute Gasteiger partial charge is 0.366 e. The molecular weight excluding hydrogens is 206 g/mol. The van der Waals surface area contributed by atoms with Gasteiger partial charge in [-0.1, -0.05) is 6.07 Å². The summed E-state index contributed by atoms with van der Waals surface area (Å²) < 4.78 is 0. The number of hydrogen-bond acceptors (Lipinski definition) is 3. The number of rotatable bonds is 3. The van der Waals surface area contributed by atoms with Crippen LogP contribution in [0.25, 0.3) is 0 Å².